The summed E-state index contributed by atoms with van der Waals surface area (Å²) in [5.74, 6) is 1.24. The van der Waals surface area contributed by atoms with Crippen LogP contribution in [0.2, 0.25) is 0 Å². The normalized spacial score (nSPS) is 16.6. The molecule has 7 heteroatoms. The van der Waals surface area contributed by atoms with Crippen LogP contribution in [0.3, 0.4) is 0 Å². The predicted octanol–water partition coefficient (Wildman–Crippen LogP) is 4.95. The summed E-state index contributed by atoms with van der Waals surface area (Å²) in [4.78, 5) is 27.9. The number of rotatable bonds is 11. The third kappa shape index (κ3) is 5.61. The average Bonchev–Trinajstić information content (AvgIpc) is 2.95. The van der Waals surface area contributed by atoms with Crippen molar-refractivity contribution in [2.75, 3.05) is 21.3 Å². The van der Waals surface area contributed by atoms with Crippen LogP contribution in [0.1, 0.15) is 29.2 Å². The first-order valence-electron chi connectivity index (χ1n) is 12.0. The van der Waals surface area contributed by atoms with E-state index in [-0.39, 0.29) is 30.9 Å². The fourth-order valence-electron chi connectivity index (χ4n) is 4.59. The summed E-state index contributed by atoms with van der Waals surface area (Å²) in [5, 5.41) is 0. The van der Waals surface area contributed by atoms with Gasteiger partial charge in [0.05, 0.1) is 45.8 Å². The minimum atomic E-state index is -0.465. The molecule has 7 nitrogen and oxygen atoms in total. The zero-order chi connectivity index (χ0) is 26.4. The summed E-state index contributed by atoms with van der Waals surface area (Å²) in [6, 6.07) is 21.7. The van der Waals surface area contributed by atoms with E-state index in [4.69, 9.17) is 18.9 Å². The lowest BCUT2D eigenvalue weighted by atomic mass is 9.80. The molecule has 1 amide bonds. The molecule has 192 valence electrons. The first-order chi connectivity index (χ1) is 18.0. The minimum absolute atomic E-state index is 0.0569. The molecule has 3 aromatic rings. The van der Waals surface area contributed by atoms with Crippen molar-refractivity contribution in [3.63, 3.8) is 0 Å². The number of ether oxygens (including phenoxy) is 4. The maximum Gasteiger partial charge on any atom is 0.308 e. The number of nitrogens with zero attached hydrogens (tertiary/aromatic N) is 1. The number of esters is 1. The van der Waals surface area contributed by atoms with Crippen LogP contribution in [-0.2, 0) is 20.9 Å². The Morgan fingerprint density at radius 1 is 0.838 bits per heavy atom. The molecule has 4 rings (SSSR count). The van der Waals surface area contributed by atoms with Gasteiger partial charge in [0.25, 0.3) is 0 Å². The summed E-state index contributed by atoms with van der Waals surface area (Å²) in [6.07, 6.45) is 1.67. The van der Waals surface area contributed by atoms with Gasteiger partial charge in [-0.1, -0.05) is 42.5 Å². The Hall–Kier alpha value is -4.26. The molecule has 37 heavy (non-hydrogen) atoms. The monoisotopic (exact) mass is 501 g/mol. The van der Waals surface area contributed by atoms with Crippen LogP contribution >= 0.6 is 0 Å². The first-order valence-corrected chi connectivity index (χ1v) is 12.0. The van der Waals surface area contributed by atoms with Crippen LogP contribution in [0.4, 0.5) is 0 Å². The Balaban J connectivity index is 1.57. The largest absolute Gasteiger partial charge is 0.497 e. The Labute approximate surface area is 217 Å². The molecular weight excluding hydrogens is 470 g/mol. The average molecular weight is 502 g/mol. The zero-order valence-corrected chi connectivity index (χ0v) is 21.3. The summed E-state index contributed by atoms with van der Waals surface area (Å²) < 4.78 is 21.3. The fraction of sp³-hybridized carbons (Fsp3) is 0.267. The first kappa shape index (κ1) is 25.8. The van der Waals surface area contributed by atoms with Crippen molar-refractivity contribution < 1.29 is 28.5 Å². The van der Waals surface area contributed by atoms with Crippen LogP contribution in [0.25, 0.3) is 0 Å². The highest BCUT2D eigenvalue weighted by Crippen LogP contribution is 2.42. The van der Waals surface area contributed by atoms with E-state index in [0.717, 1.165) is 33.9 Å². The van der Waals surface area contributed by atoms with E-state index in [0.29, 0.717) is 0 Å². The lowest BCUT2D eigenvalue weighted by molar-refractivity contribution is -0.162. The molecule has 0 N–H and O–H groups in total. The van der Waals surface area contributed by atoms with Crippen LogP contribution < -0.4 is 14.2 Å². The van der Waals surface area contributed by atoms with Gasteiger partial charge in [-0.15, -0.1) is 6.58 Å². The van der Waals surface area contributed by atoms with E-state index in [1.54, 1.807) is 32.3 Å². The van der Waals surface area contributed by atoms with Gasteiger partial charge in [0, 0.05) is 0 Å². The molecule has 0 bridgehead atoms. The molecule has 0 spiro atoms. The van der Waals surface area contributed by atoms with E-state index >= 15 is 0 Å². The summed E-state index contributed by atoms with van der Waals surface area (Å²) in [5.41, 5.74) is 2.65. The van der Waals surface area contributed by atoms with E-state index in [1.807, 2.05) is 72.8 Å². The number of hydrogen-bond acceptors (Lipinski definition) is 6. The maximum atomic E-state index is 13.3. The summed E-state index contributed by atoms with van der Waals surface area (Å²) in [7, 11) is 4.82. The van der Waals surface area contributed by atoms with Gasteiger partial charge in [-0.05, 0) is 53.1 Å². The van der Waals surface area contributed by atoms with Crippen molar-refractivity contribution in [2.45, 2.75) is 25.1 Å². The van der Waals surface area contributed by atoms with Gasteiger partial charge < -0.3 is 23.8 Å². The Bertz CT molecular complexity index is 1170. The van der Waals surface area contributed by atoms with Gasteiger partial charge in [0.15, 0.2) is 0 Å². The third-order valence-electron chi connectivity index (χ3n) is 6.64. The van der Waals surface area contributed by atoms with Gasteiger partial charge in [-0.3, -0.25) is 9.59 Å². The smallest absolute Gasteiger partial charge is 0.308 e. The molecule has 1 aliphatic rings. The lowest BCUT2D eigenvalue weighted by Crippen LogP contribution is -2.62. The number of amides is 1. The number of β-lactam (4-membered cyclic amide) rings is 1. The van der Waals surface area contributed by atoms with Gasteiger partial charge in [0.1, 0.15) is 23.9 Å². The van der Waals surface area contributed by atoms with Crippen molar-refractivity contribution >= 4 is 11.9 Å². The van der Waals surface area contributed by atoms with Crippen molar-refractivity contribution in [2.24, 2.45) is 5.92 Å². The van der Waals surface area contributed by atoms with Crippen molar-refractivity contribution in [3.8, 4) is 17.2 Å². The van der Waals surface area contributed by atoms with E-state index in [9.17, 15) is 9.59 Å². The van der Waals surface area contributed by atoms with Gasteiger partial charge in [0.2, 0.25) is 5.91 Å². The molecule has 0 aliphatic carbocycles. The van der Waals surface area contributed by atoms with Crippen molar-refractivity contribution in [1.82, 2.24) is 4.90 Å². The molecule has 1 saturated heterocycles. The topological polar surface area (TPSA) is 74.3 Å². The van der Waals surface area contributed by atoms with Gasteiger partial charge in [-0.2, -0.15) is 0 Å². The third-order valence-corrected chi connectivity index (χ3v) is 6.64. The van der Waals surface area contributed by atoms with Crippen molar-refractivity contribution in [1.29, 1.82) is 0 Å². The number of carbonyl (C=O) groups excluding carboxylic acids is 2. The number of hydrogen-bond donors (Lipinski definition) is 0. The highest BCUT2D eigenvalue weighted by molar-refractivity contribution is 5.90. The molecule has 0 saturated carbocycles. The van der Waals surface area contributed by atoms with Gasteiger partial charge >= 0.3 is 5.97 Å². The second-order valence-corrected chi connectivity index (χ2v) is 8.74. The quantitative estimate of drug-likeness (QED) is 0.210. The standard InChI is InChI=1S/C30H31NO6/c1-5-26-27(18-28(32)37-19-20-6-12-23(34-2)13-7-20)31(30(26)33)29(21-8-14-24(35-3)15-9-21)22-10-16-25(36-4)17-11-22/h5-17,26-27,29H,1,18-19H2,2-4H3. The fourth-order valence-corrected chi connectivity index (χ4v) is 4.59. The summed E-state index contributed by atoms with van der Waals surface area (Å²) in [6.45, 7) is 3.98. The highest BCUT2D eigenvalue weighted by Gasteiger charge is 2.50. The van der Waals surface area contributed by atoms with Crippen LogP contribution in [0.15, 0.2) is 85.5 Å². The Morgan fingerprint density at radius 2 is 1.30 bits per heavy atom. The molecule has 3 aromatic carbocycles. The zero-order valence-electron chi connectivity index (χ0n) is 21.3. The number of carbonyl (C=O) groups is 2. The summed E-state index contributed by atoms with van der Waals surface area (Å²) >= 11 is 0. The molecular formula is C30H31NO6. The van der Waals surface area contributed by atoms with Crippen LogP contribution in [-0.4, -0.2) is 44.1 Å². The van der Waals surface area contributed by atoms with E-state index in [1.165, 1.54) is 0 Å². The number of benzene rings is 3. The van der Waals surface area contributed by atoms with E-state index < -0.39 is 12.0 Å². The number of methoxy groups -OCH3 is 3. The minimum Gasteiger partial charge on any atom is -0.497 e. The number of likely N-dealkylation sites (tertiary alicyclic amines) is 1. The van der Waals surface area contributed by atoms with Crippen molar-refractivity contribution in [3.05, 3.63) is 102 Å². The van der Waals surface area contributed by atoms with Gasteiger partial charge in [-0.25, -0.2) is 0 Å². The SMILES string of the molecule is C=CC1C(=O)N(C(c2ccc(OC)cc2)c2ccc(OC)cc2)C1CC(=O)OCc1ccc(OC)cc1. The molecule has 0 radical (unpaired) electrons. The molecule has 2 unspecified atom stereocenters. The molecule has 2 atom stereocenters. The lowest BCUT2D eigenvalue weighted by Gasteiger charge is -2.50. The molecule has 1 aliphatic heterocycles. The Morgan fingerprint density at radius 3 is 1.73 bits per heavy atom. The van der Waals surface area contributed by atoms with Crippen LogP contribution in [0.5, 0.6) is 17.2 Å². The predicted molar refractivity (Wildman–Crippen MR) is 140 cm³/mol. The second kappa shape index (κ2) is 11.6. The second-order valence-electron chi connectivity index (χ2n) is 8.74. The molecule has 0 aromatic heterocycles. The van der Waals surface area contributed by atoms with E-state index in [2.05, 4.69) is 6.58 Å². The Kier molecular flexibility index (Phi) is 8.13. The highest BCUT2D eigenvalue weighted by atomic mass is 16.5. The van der Waals surface area contributed by atoms with Crippen LogP contribution in [0, 0.1) is 5.92 Å². The molecule has 1 heterocycles. The maximum absolute atomic E-state index is 13.3. The molecule has 1 fully saturated rings.